The van der Waals surface area contributed by atoms with E-state index < -0.39 is 36.7 Å². The van der Waals surface area contributed by atoms with Gasteiger partial charge in [-0.15, -0.1) is 0 Å². The summed E-state index contributed by atoms with van der Waals surface area (Å²) in [4.78, 5) is 12.4. The Morgan fingerprint density at radius 2 is 1.54 bits per heavy atom. The van der Waals surface area contributed by atoms with Crippen LogP contribution < -0.4 is 0 Å². The molecule has 202 valence electrons. The molecule has 1 aromatic heterocycles. The highest BCUT2D eigenvalue weighted by atomic mass is 32.2. The number of benzene rings is 3. The van der Waals surface area contributed by atoms with Crippen LogP contribution >= 0.6 is 0 Å². The third-order valence-corrected chi connectivity index (χ3v) is 13.0. The highest BCUT2D eigenvalue weighted by molar-refractivity contribution is 7.93. The minimum Gasteiger partial charge on any atom is -0.346 e. The van der Waals surface area contributed by atoms with E-state index in [1.165, 1.54) is 4.31 Å². The lowest BCUT2D eigenvalue weighted by Crippen LogP contribution is -2.59. The van der Waals surface area contributed by atoms with Gasteiger partial charge in [0.05, 0.1) is 20.6 Å². The zero-order chi connectivity index (χ0) is 27.6. The number of nitrogens with zero attached hydrogens (tertiary/aromatic N) is 2. The maximum Gasteiger partial charge on any atom is 0.243 e. The Labute approximate surface area is 229 Å². The molecule has 3 aromatic carbocycles. The Bertz CT molecular complexity index is 1800. The SMILES string of the molecule is Cc1ccc(S(=O)(=O)N2[C@H]3Cc4c(n(C)c5ccccc45)[C@@H]2CC(CC=O)(S(=O)(=O)c2ccccc2)C3)cc1. The highest BCUT2D eigenvalue weighted by Gasteiger charge is 2.58. The van der Waals surface area contributed by atoms with Gasteiger partial charge in [0.1, 0.15) is 6.29 Å². The number of para-hydroxylation sites is 1. The van der Waals surface area contributed by atoms with Crippen molar-refractivity contribution in [3.63, 3.8) is 0 Å². The molecule has 2 aliphatic rings. The number of fused-ring (bicyclic) bond motifs is 6. The Morgan fingerprint density at radius 1 is 0.872 bits per heavy atom. The molecule has 3 atom stereocenters. The molecule has 9 heteroatoms. The quantitative estimate of drug-likeness (QED) is 0.317. The fourth-order valence-corrected chi connectivity index (χ4v) is 10.6. The van der Waals surface area contributed by atoms with Gasteiger partial charge in [0.15, 0.2) is 9.84 Å². The van der Waals surface area contributed by atoms with E-state index in [-0.39, 0.29) is 29.1 Å². The third kappa shape index (κ3) is 3.82. The average Bonchev–Trinajstić information content (AvgIpc) is 3.20. The number of hydrogen-bond acceptors (Lipinski definition) is 5. The van der Waals surface area contributed by atoms with E-state index in [9.17, 15) is 21.6 Å². The van der Waals surface area contributed by atoms with Gasteiger partial charge < -0.3 is 9.36 Å². The van der Waals surface area contributed by atoms with Crippen molar-refractivity contribution in [1.82, 2.24) is 8.87 Å². The number of piperidine rings is 1. The fourth-order valence-electron chi connectivity index (χ4n) is 6.74. The molecule has 0 N–H and O–H groups in total. The maximum absolute atomic E-state index is 14.2. The van der Waals surface area contributed by atoms with Crippen molar-refractivity contribution in [3.8, 4) is 0 Å². The maximum atomic E-state index is 14.2. The number of carbonyl (C=O) groups excluding carboxylic acids is 1. The highest BCUT2D eigenvalue weighted by Crippen LogP contribution is 2.54. The first kappa shape index (κ1) is 26.0. The minimum atomic E-state index is -3.97. The first-order valence-corrected chi connectivity index (χ1v) is 15.9. The van der Waals surface area contributed by atoms with Crippen molar-refractivity contribution in [2.24, 2.45) is 7.05 Å². The second-order valence-electron chi connectivity index (χ2n) is 10.7. The van der Waals surface area contributed by atoms with Crippen LogP contribution in [-0.2, 0) is 38.1 Å². The van der Waals surface area contributed by atoms with Gasteiger partial charge in [-0.05, 0) is 62.1 Å². The number of carbonyl (C=O) groups is 1. The lowest BCUT2D eigenvalue weighted by molar-refractivity contribution is -0.108. The van der Waals surface area contributed by atoms with Crippen LogP contribution in [0.5, 0.6) is 0 Å². The van der Waals surface area contributed by atoms with Crippen molar-refractivity contribution in [1.29, 1.82) is 0 Å². The molecule has 1 saturated heterocycles. The summed E-state index contributed by atoms with van der Waals surface area (Å²) in [6, 6.07) is 21.5. The monoisotopic (exact) mass is 562 g/mol. The van der Waals surface area contributed by atoms with Crippen LogP contribution in [0.3, 0.4) is 0 Å². The van der Waals surface area contributed by atoms with Crippen molar-refractivity contribution < 1.29 is 21.6 Å². The van der Waals surface area contributed by atoms with Crippen LogP contribution in [-0.4, -0.2) is 42.8 Å². The summed E-state index contributed by atoms with van der Waals surface area (Å²) in [5.41, 5.74) is 3.76. The second-order valence-corrected chi connectivity index (χ2v) is 14.9. The molecule has 39 heavy (non-hydrogen) atoms. The molecule has 0 aliphatic carbocycles. The minimum absolute atomic E-state index is 0.0122. The molecular weight excluding hydrogens is 532 g/mol. The Hall–Kier alpha value is -3.27. The molecule has 4 aromatic rings. The predicted molar refractivity (Wildman–Crippen MR) is 150 cm³/mol. The summed E-state index contributed by atoms with van der Waals surface area (Å²) in [7, 11) is -6.05. The van der Waals surface area contributed by atoms with Gasteiger partial charge in [0.2, 0.25) is 10.0 Å². The van der Waals surface area contributed by atoms with Crippen LogP contribution in [0.1, 0.15) is 42.1 Å². The van der Waals surface area contributed by atoms with Crippen molar-refractivity contribution in [3.05, 3.63) is 95.7 Å². The van der Waals surface area contributed by atoms with E-state index in [0.717, 1.165) is 27.7 Å². The van der Waals surface area contributed by atoms with Gasteiger partial charge in [-0.25, -0.2) is 16.8 Å². The number of aryl methyl sites for hydroxylation is 2. The van der Waals surface area contributed by atoms with E-state index >= 15 is 0 Å². The van der Waals surface area contributed by atoms with Gasteiger partial charge in [0, 0.05) is 36.1 Å². The average molecular weight is 563 g/mol. The first-order chi connectivity index (χ1) is 18.6. The summed E-state index contributed by atoms with van der Waals surface area (Å²) >= 11 is 0. The van der Waals surface area contributed by atoms with Gasteiger partial charge in [-0.1, -0.05) is 54.1 Å². The van der Waals surface area contributed by atoms with Crippen LogP contribution in [0.2, 0.25) is 0 Å². The van der Waals surface area contributed by atoms with Gasteiger partial charge in [-0.2, -0.15) is 4.31 Å². The second kappa shape index (κ2) is 9.15. The molecule has 0 spiro atoms. The molecule has 1 unspecified atom stereocenters. The molecular formula is C30H30N2O5S2. The molecule has 7 nitrogen and oxygen atoms in total. The lowest BCUT2D eigenvalue weighted by Gasteiger charge is -2.52. The number of sulfone groups is 1. The van der Waals surface area contributed by atoms with E-state index in [1.54, 1.807) is 54.6 Å². The number of aromatic nitrogens is 1. The summed E-state index contributed by atoms with van der Waals surface area (Å²) in [5, 5.41) is 1.05. The Kier molecular flexibility index (Phi) is 6.09. The van der Waals surface area contributed by atoms with Crippen LogP contribution in [0, 0.1) is 6.92 Å². The number of sulfonamides is 1. The summed E-state index contributed by atoms with van der Waals surface area (Å²) in [5.74, 6) is 0. The topological polar surface area (TPSA) is 93.5 Å². The van der Waals surface area contributed by atoms with E-state index in [1.807, 2.05) is 42.8 Å². The van der Waals surface area contributed by atoms with E-state index in [4.69, 9.17) is 0 Å². The summed E-state index contributed by atoms with van der Waals surface area (Å²) in [6.07, 6.45) is 0.857. The predicted octanol–water partition coefficient (Wildman–Crippen LogP) is 4.74. The van der Waals surface area contributed by atoms with Crippen molar-refractivity contribution in [2.75, 3.05) is 0 Å². The number of rotatable bonds is 6. The van der Waals surface area contributed by atoms with Crippen molar-refractivity contribution in [2.45, 2.75) is 59.2 Å². The zero-order valence-corrected chi connectivity index (χ0v) is 23.5. The molecule has 3 heterocycles. The van der Waals surface area contributed by atoms with Crippen molar-refractivity contribution >= 4 is 37.0 Å². The molecule has 2 bridgehead atoms. The van der Waals surface area contributed by atoms with Crippen LogP contribution in [0.15, 0.2) is 88.7 Å². The molecule has 1 fully saturated rings. The summed E-state index contributed by atoms with van der Waals surface area (Å²) < 4.78 is 59.0. The zero-order valence-electron chi connectivity index (χ0n) is 21.8. The van der Waals surface area contributed by atoms with E-state index in [0.29, 0.717) is 12.7 Å². The Morgan fingerprint density at radius 3 is 2.23 bits per heavy atom. The lowest BCUT2D eigenvalue weighted by atomic mass is 9.77. The number of aldehydes is 1. The van der Waals surface area contributed by atoms with E-state index in [2.05, 4.69) is 0 Å². The number of hydrogen-bond donors (Lipinski definition) is 0. The van der Waals surface area contributed by atoms with Crippen LogP contribution in [0.4, 0.5) is 0 Å². The fraction of sp³-hybridized carbons (Fsp3) is 0.300. The largest absolute Gasteiger partial charge is 0.346 e. The van der Waals surface area contributed by atoms with Gasteiger partial charge >= 0.3 is 0 Å². The summed E-state index contributed by atoms with van der Waals surface area (Å²) in [6.45, 7) is 1.90. The molecule has 2 aliphatic heterocycles. The normalized spacial score (nSPS) is 23.4. The molecule has 6 rings (SSSR count). The first-order valence-electron chi connectivity index (χ1n) is 13.0. The smallest absolute Gasteiger partial charge is 0.243 e. The molecule has 0 radical (unpaired) electrons. The van der Waals surface area contributed by atoms with Gasteiger partial charge in [0.25, 0.3) is 0 Å². The standard InChI is InChI=1S/C30H30N2O5S2/c1-21-12-14-24(15-13-21)39(36,37)32-22-18-26-25-10-6-7-11-27(25)31(2)29(26)28(32)20-30(19-22,16-17-33)38(34,35)23-8-4-3-5-9-23/h3-15,17,22,28H,16,18-20H2,1-2H3/t22-,28-,30?/m0/s1. The van der Waals surface area contributed by atoms with Gasteiger partial charge in [-0.3, -0.25) is 0 Å². The Balaban J connectivity index is 1.59. The molecule has 0 amide bonds. The third-order valence-electron chi connectivity index (χ3n) is 8.53. The van der Waals surface area contributed by atoms with Crippen LogP contribution in [0.25, 0.3) is 10.9 Å². The molecule has 0 saturated carbocycles.